The van der Waals surface area contributed by atoms with Gasteiger partial charge in [-0.05, 0) is 42.6 Å². The van der Waals surface area contributed by atoms with Gasteiger partial charge in [0.25, 0.3) is 5.91 Å². The number of aromatic nitrogens is 1. The van der Waals surface area contributed by atoms with Gasteiger partial charge < -0.3 is 4.74 Å². The Morgan fingerprint density at radius 3 is 2.54 bits per heavy atom. The SMILES string of the molecule is COc1ccc(S(=O)(=O)N(Cc2cccnc2)[C@H](PC)C(=O)NO)cc1. The number of methoxy groups -OCH3 is 1. The number of hydrogen-bond donors (Lipinski definition) is 2. The summed E-state index contributed by atoms with van der Waals surface area (Å²) >= 11 is 0. The lowest BCUT2D eigenvalue weighted by atomic mass is 10.3. The minimum absolute atomic E-state index is 0.0242. The monoisotopic (exact) mass is 397 g/mol. The van der Waals surface area contributed by atoms with Gasteiger partial charge in [-0.1, -0.05) is 14.6 Å². The number of nitrogens with one attached hydrogen (secondary N) is 1. The average molecular weight is 397 g/mol. The highest BCUT2D eigenvalue weighted by atomic mass is 32.2. The fourth-order valence-electron chi connectivity index (χ4n) is 2.34. The van der Waals surface area contributed by atoms with Crippen molar-refractivity contribution in [3.8, 4) is 5.75 Å². The maximum absolute atomic E-state index is 13.2. The molecule has 2 aromatic rings. The Balaban J connectivity index is 2.47. The van der Waals surface area contributed by atoms with E-state index in [-0.39, 0.29) is 20.0 Å². The van der Waals surface area contributed by atoms with E-state index in [1.807, 2.05) is 0 Å². The Hall–Kier alpha value is -2.06. The number of benzene rings is 1. The molecule has 8 nitrogen and oxygen atoms in total. The second kappa shape index (κ2) is 9.05. The summed E-state index contributed by atoms with van der Waals surface area (Å²) in [6.07, 6.45) is 3.11. The number of nitrogens with zero attached hydrogens (tertiary/aromatic N) is 2. The molecule has 1 heterocycles. The smallest absolute Gasteiger partial charge is 0.265 e. The van der Waals surface area contributed by atoms with E-state index in [9.17, 15) is 13.2 Å². The van der Waals surface area contributed by atoms with Crippen molar-refractivity contribution in [1.29, 1.82) is 0 Å². The number of carbonyl (C=O) groups is 1. The fourth-order valence-corrected chi connectivity index (χ4v) is 5.22. The summed E-state index contributed by atoms with van der Waals surface area (Å²) in [6.45, 7) is 1.64. The third-order valence-electron chi connectivity index (χ3n) is 3.65. The van der Waals surface area contributed by atoms with Crippen LogP contribution in [0.25, 0.3) is 0 Å². The van der Waals surface area contributed by atoms with Gasteiger partial charge >= 0.3 is 0 Å². The Morgan fingerprint density at radius 2 is 2.04 bits per heavy atom. The first-order chi connectivity index (χ1) is 12.4. The lowest BCUT2D eigenvalue weighted by Gasteiger charge is -2.28. The van der Waals surface area contributed by atoms with Crippen molar-refractivity contribution >= 4 is 24.5 Å². The second-order valence-corrected chi connectivity index (χ2v) is 8.27. The van der Waals surface area contributed by atoms with Gasteiger partial charge in [-0.15, -0.1) is 0 Å². The van der Waals surface area contributed by atoms with Crippen molar-refractivity contribution in [2.24, 2.45) is 0 Å². The summed E-state index contributed by atoms with van der Waals surface area (Å²) in [6, 6.07) is 9.29. The van der Waals surface area contributed by atoms with Gasteiger partial charge in [-0.25, -0.2) is 13.9 Å². The van der Waals surface area contributed by atoms with E-state index >= 15 is 0 Å². The first kappa shape index (κ1) is 20.3. The highest BCUT2D eigenvalue weighted by Gasteiger charge is 2.35. The van der Waals surface area contributed by atoms with E-state index in [1.54, 1.807) is 30.5 Å². The number of carbonyl (C=O) groups excluding carboxylic acids is 1. The van der Waals surface area contributed by atoms with Crippen LogP contribution in [-0.4, -0.2) is 48.4 Å². The molecule has 140 valence electrons. The van der Waals surface area contributed by atoms with Gasteiger partial charge in [0.15, 0.2) is 0 Å². The van der Waals surface area contributed by atoms with Gasteiger partial charge in [0, 0.05) is 18.9 Å². The number of ether oxygens (including phenoxy) is 1. The molecule has 0 radical (unpaired) electrons. The molecule has 0 saturated heterocycles. The van der Waals surface area contributed by atoms with Crippen LogP contribution in [0.3, 0.4) is 0 Å². The largest absolute Gasteiger partial charge is 0.497 e. The summed E-state index contributed by atoms with van der Waals surface area (Å²) in [5.74, 6) is -1.32. The van der Waals surface area contributed by atoms with Crippen LogP contribution >= 0.6 is 8.58 Å². The molecule has 1 aromatic heterocycles. The van der Waals surface area contributed by atoms with Crippen LogP contribution < -0.4 is 10.2 Å². The molecule has 0 aliphatic carbocycles. The molecule has 0 aliphatic rings. The van der Waals surface area contributed by atoms with Crippen molar-refractivity contribution in [3.63, 3.8) is 0 Å². The molecular weight excluding hydrogens is 377 g/mol. The van der Waals surface area contributed by atoms with Crippen LogP contribution in [0.5, 0.6) is 5.75 Å². The molecule has 2 atom stereocenters. The highest BCUT2D eigenvalue weighted by Crippen LogP contribution is 2.29. The lowest BCUT2D eigenvalue weighted by molar-refractivity contribution is -0.130. The topological polar surface area (TPSA) is 109 Å². The van der Waals surface area contributed by atoms with Gasteiger partial charge in [0.05, 0.1) is 12.0 Å². The third-order valence-corrected chi connectivity index (χ3v) is 6.78. The summed E-state index contributed by atoms with van der Waals surface area (Å²) in [5, 5.41) is 9.01. The lowest BCUT2D eigenvalue weighted by Crippen LogP contribution is -2.46. The normalized spacial score (nSPS) is 13.1. The van der Waals surface area contributed by atoms with Gasteiger partial charge in [0.1, 0.15) is 11.5 Å². The number of sulfonamides is 1. The number of hydrogen-bond acceptors (Lipinski definition) is 6. The Kier molecular flexibility index (Phi) is 7.05. The zero-order chi connectivity index (χ0) is 19.2. The standard InChI is InChI=1S/C16H20N3O5PS/c1-24-13-5-7-14(8-6-13)26(22,23)19(16(25-2)15(20)18-21)11-12-4-3-9-17-10-12/h3-10,16,21,25H,11H2,1-2H3,(H,18,20)/t16-/m1/s1. The summed E-state index contributed by atoms with van der Waals surface area (Å²) in [5.41, 5.74) is 2.17. The van der Waals surface area contributed by atoms with Crippen molar-refractivity contribution in [3.05, 3.63) is 54.4 Å². The first-order valence-corrected chi connectivity index (χ1v) is 10.6. The van der Waals surface area contributed by atoms with Gasteiger partial charge in [-0.2, -0.15) is 4.31 Å². The quantitative estimate of drug-likeness (QED) is 0.396. The molecule has 1 unspecified atom stereocenters. The molecule has 1 amide bonds. The van der Waals surface area contributed by atoms with Crippen LogP contribution in [0.1, 0.15) is 5.56 Å². The number of pyridine rings is 1. The molecule has 0 bridgehead atoms. The molecule has 0 aliphatic heterocycles. The zero-order valence-corrected chi connectivity index (χ0v) is 16.1. The van der Waals surface area contributed by atoms with E-state index < -0.39 is 21.7 Å². The van der Waals surface area contributed by atoms with E-state index in [2.05, 4.69) is 4.98 Å². The maximum atomic E-state index is 13.2. The van der Waals surface area contributed by atoms with Crippen molar-refractivity contribution < 1.29 is 23.2 Å². The van der Waals surface area contributed by atoms with Crippen LogP contribution in [0.4, 0.5) is 0 Å². The third kappa shape index (κ3) is 4.56. The predicted octanol–water partition coefficient (Wildman–Crippen LogP) is 1.42. The van der Waals surface area contributed by atoms with Crippen LogP contribution in [0.15, 0.2) is 53.7 Å². The minimum atomic E-state index is -4.01. The van der Waals surface area contributed by atoms with E-state index in [1.165, 1.54) is 37.6 Å². The number of hydroxylamine groups is 1. The van der Waals surface area contributed by atoms with E-state index in [0.717, 1.165) is 4.31 Å². The van der Waals surface area contributed by atoms with Crippen molar-refractivity contribution in [2.75, 3.05) is 13.8 Å². The molecule has 1 aromatic carbocycles. The van der Waals surface area contributed by atoms with Crippen LogP contribution in [0.2, 0.25) is 0 Å². The first-order valence-electron chi connectivity index (χ1n) is 7.60. The molecule has 2 rings (SSSR count). The molecular formula is C16H20N3O5PS. The molecule has 0 fully saturated rings. The minimum Gasteiger partial charge on any atom is -0.497 e. The van der Waals surface area contributed by atoms with Gasteiger partial charge in [0.2, 0.25) is 10.0 Å². The summed E-state index contributed by atoms with van der Waals surface area (Å²) in [7, 11) is -2.61. The summed E-state index contributed by atoms with van der Waals surface area (Å²) in [4.78, 5) is 16.1. The average Bonchev–Trinajstić information content (AvgIpc) is 2.68. The highest BCUT2D eigenvalue weighted by molar-refractivity contribution is 7.89. The zero-order valence-electron chi connectivity index (χ0n) is 14.3. The fraction of sp³-hybridized carbons (Fsp3) is 0.250. The molecule has 2 N–H and O–H groups in total. The maximum Gasteiger partial charge on any atom is 0.265 e. The molecule has 0 spiro atoms. The Morgan fingerprint density at radius 1 is 1.35 bits per heavy atom. The Labute approximate surface area is 154 Å². The second-order valence-electron chi connectivity index (χ2n) is 5.25. The van der Waals surface area contributed by atoms with Crippen LogP contribution in [-0.2, 0) is 21.4 Å². The van der Waals surface area contributed by atoms with E-state index in [0.29, 0.717) is 11.3 Å². The molecule has 10 heteroatoms. The van der Waals surface area contributed by atoms with Crippen molar-refractivity contribution in [2.45, 2.75) is 17.2 Å². The van der Waals surface area contributed by atoms with Gasteiger partial charge in [-0.3, -0.25) is 15.0 Å². The number of rotatable bonds is 8. The Bertz CT molecular complexity index is 831. The van der Waals surface area contributed by atoms with E-state index in [4.69, 9.17) is 9.94 Å². The summed E-state index contributed by atoms with van der Waals surface area (Å²) < 4.78 is 32.4. The predicted molar refractivity (Wildman–Crippen MR) is 97.9 cm³/mol. The van der Waals surface area contributed by atoms with Crippen molar-refractivity contribution in [1.82, 2.24) is 14.8 Å². The number of amides is 1. The molecule has 0 saturated carbocycles. The van der Waals surface area contributed by atoms with Crippen LogP contribution in [0, 0.1) is 0 Å². The molecule has 26 heavy (non-hydrogen) atoms.